The Morgan fingerprint density at radius 2 is 1.89 bits per heavy atom. The third-order valence-electron chi connectivity index (χ3n) is 2.68. The van der Waals surface area contributed by atoms with Gasteiger partial charge in [0.25, 0.3) is 0 Å². The Morgan fingerprint density at radius 1 is 1.16 bits per heavy atom. The predicted octanol–water partition coefficient (Wildman–Crippen LogP) is 2.43. The minimum atomic E-state index is -0.410. The minimum absolute atomic E-state index is 0.0577. The van der Waals surface area contributed by atoms with Crippen molar-refractivity contribution in [3.05, 3.63) is 35.9 Å². The number of amides is 1. The highest BCUT2D eigenvalue weighted by Crippen LogP contribution is 2.01. The number of hydrogen-bond acceptors (Lipinski definition) is 3. The zero-order valence-electron chi connectivity index (χ0n) is 11.4. The lowest BCUT2D eigenvalue weighted by Gasteiger charge is -2.06. The summed E-state index contributed by atoms with van der Waals surface area (Å²) >= 11 is 0. The van der Waals surface area contributed by atoms with Gasteiger partial charge in [0, 0.05) is 6.42 Å². The number of hydrogen-bond donors (Lipinski definition) is 1. The molecule has 0 fully saturated rings. The number of ether oxygens (including phenoxy) is 1. The van der Waals surface area contributed by atoms with E-state index in [4.69, 9.17) is 4.74 Å². The summed E-state index contributed by atoms with van der Waals surface area (Å²) in [5.74, 6) is -0.502. The highest BCUT2D eigenvalue weighted by molar-refractivity contribution is 5.81. The number of esters is 1. The molecular weight excluding hydrogens is 242 g/mol. The Morgan fingerprint density at radius 3 is 2.58 bits per heavy atom. The van der Waals surface area contributed by atoms with Crippen molar-refractivity contribution >= 4 is 11.9 Å². The van der Waals surface area contributed by atoms with Crippen molar-refractivity contribution in [1.82, 2.24) is 5.32 Å². The van der Waals surface area contributed by atoms with Crippen LogP contribution in [0.25, 0.3) is 0 Å². The van der Waals surface area contributed by atoms with Gasteiger partial charge < -0.3 is 10.1 Å². The van der Waals surface area contributed by atoms with E-state index in [9.17, 15) is 9.59 Å². The molecule has 0 spiro atoms. The molecule has 1 aromatic rings. The number of nitrogens with one attached hydrogen (secondary N) is 1. The van der Waals surface area contributed by atoms with Crippen molar-refractivity contribution in [1.29, 1.82) is 0 Å². The normalized spacial score (nSPS) is 9.95. The molecule has 0 saturated carbocycles. The number of benzene rings is 1. The third kappa shape index (κ3) is 7.24. The summed E-state index contributed by atoms with van der Waals surface area (Å²) in [6, 6.07) is 9.45. The summed E-state index contributed by atoms with van der Waals surface area (Å²) in [6.45, 7) is 2.27. The first-order chi connectivity index (χ1) is 9.22. The summed E-state index contributed by atoms with van der Waals surface area (Å²) in [5.41, 5.74) is 0.935. The van der Waals surface area contributed by atoms with E-state index in [1.54, 1.807) is 0 Å². The molecule has 4 nitrogen and oxygen atoms in total. The quantitative estimate of drug-likeness (QED) is 0.579. The monoisotopic (exact) mass is 263 g/mol. The molecule has 0 bridgehead atoms. The maximum atomic E-state index is 11.4. The van der Waals surface area contributed by atoms with Crippen LogP contribution in [0.2, 0.25) is 0 Å². The van der Waals surface area contributed by atoms with E-state index in [1.165, 1.54) is 0 Å². The van der Waals surface area contributed by atoms with Crippen LogP contribution in [-0.2, 0) is 20.9 Å². The molecule has 0 radical (unpaired) electrons. The van der Waals surface area contributed by atoms with Gasteiger partial charge >= 0.3 is 5.97 Å². The summed E-state index contributed by atoms with van der Waals surface area (Å²) in [7, 11) is 0. The van der Waals surface area contributed by atoms with Crippen LogP contribution in [0, 0.1) is 0 Å². The van der Waals surface area contributed by atoms with Crippen molar-refractivity contribution < 1.29 is 14.3 Å². The molecule has 0 aliphatic rings. The summed E-state index contributed by atoms with van der Waals surface area (Å²) in [4.78, 5) is 22.8. The predicted molar refractivity (Wildman–Crippen MR) is 73.4 cm³/mol. The highest BCUT2D eigenvalue weighted by Gasteiger charge is 2.06. The van der Waals surface area contributed by atoms with Crippen molar-refractivity contribution in [3.8, 4) is 0 Å². The molecule has 0 saturated heterocycles. The Hall–Kier alpha value is -1.84. The van der Waals surface area contributed by atoms with Gasteiger partial charge in [-0.3, -0.25) is 9.59 Å². The van der Waals surface area contributed by atoms with Gasteiger partial charge in [0.2, 0.25) is 5.91 Å². The fourth-order valence-electron chi connectivity index (χ4n) is 1.58. The molecule has 1 aromatic carbocycles. The highest BCUT2D eigenvalue weighted by atomic mass is 16.5. The second-order valence-electron chi connectivity index (χ2n) is 4.38. The molecule has 0 atom stereocenters. The molecular formula is C15H21NO3. The molecule has 4 heteroatoms. The van der Waals surface area contributed by atoms with Crippen LogP contribution in [0.5, 0.6) is 0 Å². The molecule has 19 heavy (non-hydrogen) atoms. The van der Waals surface area contributed by atoms with E-state index in [0.717, 1.165) is 24.8 Å². The number of rotatable bonds is 8. The fourth-order valence-corrected chi connectivity index (χ4v) is 1.58. The lowest BCUT2D eigenvalue weighted by Crippen LogP contribution is -2.30. The van der Waals surface area contributed by atoms with Gasteiger partial charge in [-0.1, -0.05) is 50.1 Å². The van der Waals surface area contributed by atoms with E-state index in [1.807, 2.05) is 30.3 Å². The lowest BCUT2D eigenvalue weighted by molar-refractivity contribution is -0.145. The maximum absolute atomic E-state index is 11.4. The standard InChI is InChI=1S/C15H21NO3/c1-2-3-5-10-14(17)16-11-15(18)19-12-13-8-6-4-7-9-13/h4,6-9H,2-3,5,10-12H2,1H3,(H,16,17). The minimum Gasteiger partial charge on any atom is -0.460 e. The van der Waals surface area contributed by atoms with Crippen LogP contribution in [-0.4, -0.2) is 18.4 Å². The second-order valence-corrected chi connectivity index (χ2v) is 4.38. The van der Waals surface area contributed by atoms with Crippen molar-refractivity contribution in [2.24, 2.45) is 0 Å². The van der Waals surface area contributed by atoms with Gasteiger partial charge in [0.05, 0.1) is 0 Å². The molecule has 0 aliphatic heterocycles. The number of carbonyl (C=O) groups is 2. The van der Waals surface area contributed by atoms with Gasteiger partial charge in [-0.25, -0.2) is 0 Å². The van der Waals surface area contributed by atoms with Gasteiger partial charge in [-0.2, -0.15) is 0 Å². The van der Waals surface area contributed by atoms with E-state index < -0.39 is 5.97 Å². The number of unbranched alkanes of at least 4 members (excludes halogenated alkanes) is 2. The van der Waals surface area contributed by atoms with Crippen LogP contribution in [0.3, 0.4) is 0 Å². The molecule has 0 heterocycles. The lowest BCUT2D eigenvalue weighted by atomic mass is 10.2. The van der Waals surface area contributed by atoms with Crippen molar-refractivity contribution in [3.63, 3.8) is 0 Å². The van der Waals surface area contributed by atoms with Gasteiger partial charge in [0.1, 0.15) is 13.2 Å². The SMILES string of the molecule is CCCCCC(=O)NCC(=O)OCc1ccccc1. The molecule has 104 valence electrons. The zero-order chi connectivity index (χ0) is 13.9. The molecule has 1 N–H and O–H groups in total. The molecule has 1 amide bonds. The molecule has 1 rings (SSSR count). The Balaban J connectivity index is 2.12. The number of carbonyl (C=O) groups excluding carboxylic acids is 2. The molecule has 0 aromatic heterocycles. The first-order valence-corrected chi connectivity index (χ1v) is 6.68. The van der Waals surface area contributed by atoms with Gasteiger partial charge in [-0.05, 0) is 12.0 Å². The third-order valence-corrected chi connectivity index (χ3v) is 2.68. The second kappa shape index (κ2) is 9.14. The summed E-state index contributed by atoms with van der Waals surface area (Å²) < 4.78 is 5.05. The topological polar surface area (TPSA) is 55.4 Å². The van der Waals surface area contributed by atoms with E-state index >= 15 is 0 Å². The van der Waals surface area contributed by atoms with E-state index in [-0.39, 0.29) is 19.1 Å². The molecule has 0 unspecified atom stereocenters. The largest absolute Gasteiger partial charge is 0.460 e. The van der Waals surface area contributed by atoms with Gasteiger partial charge in [0.15, 0.2) is 0 Å². The zero-order valence-corrected chi connectivity index (χ0v) is 11.4. The first kappa shape index (κ1) is 15.2. The average molecular weight is 263 g/mol. The Kier molecular flexibility index (Phi) is 7.32. The average Bonchev–Trinajstić information content (AvgIpc) is 2.44. The van der Waals surface area contributed by atoms with E-state index in [0.29, 0.717) is 6.42 Å². The smallest absolute Gasteiger partial charge is 0.325 e. The van der Waals surface area contributed by atoms with Crippen molar-refractivity contribution in [2.75, 3.05) is 6.54 Å². The first-order valence-electron chi connectivity index (χ1n) is 6.68. The molecule has 0 aliphatic carbocycles. The van der Waals surface area contributed by atoms with Crippen LogP contribution in [0.4, 0.5) is 0 Å². The fraction of sp³-hybridized carbons (Fsp3) is 0.467. The summed E-state index contributed by atoms with van der Waals surface area (Å²) in [5, 5.41) is 2.56. The van der Waals surface area contributed by atoms with Crippen LogP contribution < -0.4 is 5.32 Å². The van der Waals surface area contributed by atoms with Crippen LogP contribution in [0.1, 0.15) is 38.2 Å². The Labute approximate surface area is 114 Å². The van der Waals surface area contributed by atoms with Crippen molar-refractivity contribution in [2.45, 2.75) is 39.2 Å². The van der Waals surface area contributed by atoms with Crippen LogP contribution in [0.15, 0.2) is 30.3 Å². The van der Waals surface area contributed by atoms with Gasteiger partial charge in [-0.15, -0.1) is 0 Å². The Bertz CT molecular complexity index is 390. The summed E-state index contributed by atoms with van der Waals surface area (Å²) in [6.07, 6.45) is 3.44. The van der Waals surface area contributed by atoms with E-state index in [2.05, 4.69) is 12.2 Å². The van der Waals surface area contributed by atoms with Crippen LogP contribution >= 0.6 is 0 Å². The maximum Gasteiger partial charge on any atom is 0.325 e.